The Balaban J connectivity index is 2.53. The topological polar surface area (TPSA) is 54.4 Å². The predicted octanol–water partition coefficient (Wildman–Crippen LogP) is 0.334. The highest BCUT2D eigenvalue weighted by Crippen LogP contribution is 2.23. The molecule has 1 aliphatic carbocycles. The zero-order valence-corrected chi connectivity index (χ0v) is 7.47. The van der Waals surface area contributed by atoms with Gasteiger partial charge in [-0.2, -0.15) is 0 Å². The first-order chi connectivity index (χ1) is 5.00. The summed E-state index contributed by atoms with van der Waals surface area (Å²) in [6.45, 7) is 0. The first-order valence-corrected chi connectivity index (χ1v) is 5.82. The Morgan fingerprint density at radius 2 is 1.64 bits per heavy atom. The van der Waals surface area contributed by atoms with Crippen molar-refractivity contribution in [2.24, 2.45) is 0 Å². The molecule has 0 spiro atoms. The average Bonchev–Trinajstić information content (AvgIpc) is 1.86. The van der Waals surface area contributed by atoms with Gasteiger partial charge >= 0.3 is 0 Å². The number of aliphatic hydroxyl groups excluding tert-OH is 1. The summed E-state index contributed by atoms with van der Waals surface area (Å²) in [5.74, 6) is 0. The van der Waals surface area contributed by atoms with Gasteiger partial charge in [0.2, 0.25) is 0 Å². The number of rotatable bonds is 1. The summed E-state index contributed by atoms with van der Waals surface area (Å²) >= 11 is 0. The van der Waals surface area contributed by atoms with Gasteiger partial charge in [-0.25, -0.2) is 8.42 Å². The monoisotopic (exact) mass is 178 g/mol. The molecule has 0 radical (unpaired) electrons. The molecule has 11 heavy (non-hydrogen) atoms. The van der Waals surface area contributed by atoms with Crippen molar-refractivity contribution in [1.82, 2.24) is 0 Å². The lowest BCUT2D eigenvalue weighted by Gasteiger charge is -2.23. The smallest absolute Gasteiger partial charge is 0.150 e. The summed E-state index contributed by atoms with van der Waals surface area (Å²) in [5.41, 5.74) is 0. The molecule has 0 amide bonds. The molecule has 1 rings (SSSR count). The van der Waals surface area contributed by atoms with E-state index in [4.69, 9.17) is 5.11 Å². The zero-order chi connectivity index (χ0) is 8.48. The lowest BCUT2D eigenvalue weighted by atomic mass is 9.97. The third-order valence-corrected chi connectivity index (χ3v) is 3.93. The normalized spacial score (nSPS) is 33.6. The minimum absolute atomic E-state index is 0.203. The van der Waals surface area contributed by atoms with Crippen LogP contribution in [-0.2, 0) is 9.84 Å². The van der Waals surface area contributed by atoms with Gasteiger partial charge in [0.1, 0.15) is 9.84 Å². The molecule has 0 aromatic carbocycles. The Morgan fingerprint density at radius 1 is 1.18 bits per heavy atom. The van der Waals surface area contributed by atoms with Crippen LogP contribution >= 0.6 is 0 Å². The third kappa shape index (κ3) is 2.45. The quantitative estimate of drug-likeness (QED) is 0.629. The maximum atomic E-state index is 11.0. The van der Waals surface area contributed by atoms with Crippen molar-refractivity contribution in [3.63, 3.8) is 0 Å². The van der Waals surface area contributed by atoms with Gasteiger partial charge in [-0.15, -0.1) is 0 Å². The molecule has 0 atom stereocenters. The molecule has 0 heterocycles. The fourth-order valence-corrected chi connectivity index (χ4v) is 2.60. The van der Waals surface area contributed by atoms with E-state index in [1.807, 2.05) is 0 Å². The Morgan fingerprint density at radius 3 is 2.00 bits per heavy atom. The second-order valence-corrected chi connectivity index (χ2v) is 5.59. The van der Waals surface area contributed by atoms with Crippen LogP contribution < -0.4 is 0 Å². The van der Waals surface area contributed by atoms with Crippen LogP contribution in [-0.4, -0.2) is 31.1 Å². The summed E-state index contributed by atoms with van der Waals surface area (Å²) in [6, 6.07) is 0. The van der Waals surface area contributed by atoms with Gasteiger partial charge in [0.05, 0.1) is 11.4 Å². The summed E-state index contributed by atoms with van der Waals surface area (Å²) in [7, 11) is -2.86. The SMILES string of the molecule is CS(=O)(=O)[C@H]1CC[C@H](O)CC1. The molecule has 0 aliphatic heterocycles. The zero-order valence-electron chi connectivity index (χ0n) is 6.66. The summed E-state index contributed by atoms with van der Waals surface area (Å²) in [5, 5.41) is 8.89. The van der Waals surface area contributed by atoms with Gasteiger partial charge in [0.25, 0.3) is 0 Å². The Bertz CT molecular complexity index is 212. The van der Waals surface area contributed by atoms with Crippen LogP contribution in [0.2, 0.25) is 0 Å². The van der Waals surface area contributed by atoms with Gasteiger partial charge in [-0.3, -0.25) is 0 Å². The van der Waals surface area contributed by atoms with Crippen LogP contribution in [0.3, 0.4) is 0 Å². The van der Waals surface area contributed by atoms with Crippen LogP contribution in [0, 0.1) is 0 Å². The fraction of sp³-hybridized carbons (Fsp3) is 1.00. The van der Waals surface area contributed by atoms with E-state index in [1.165, 1.54) is 6.26 Å². The van der Waals surface area contributed by atoms with Crippen LogP contribution in [0.5, 0.6) is 0 Å². The molecule has 1 N–H and O–H groups in total. The van der Waals surface area contributed by atoms with Crippen molar-refractivity contribution < 1.29 is 13.5 Å². The van der Waals surface area contributed by atoms with E-state index in [-0.39, 0.29) is 11.4 Å². The van der Waals surface area contributed by atoms with Crippen LogP contribution in [0.1, 0.15) is 25.7 Å². The Kier molecular flexibility index (Phi) is 2.54. The van der Waals surface area contributed by atoms with E-state index in [0.29, 0.717) is 25.7 Å². The van der Waals surface area contributed by atoms with Gasteiger partial charge in [-0.05, 0) is 25.7 Å². The van der Waals surface area contributed by atoms with Crippen molar-refractivity contribution in [3.05, 3.63) is 0 Å². The van der Waals surface area contributed by atoms with Crippen molar-refractivity contribution in [2.45, 2.75) is 37.0 Å². The van der Waals surface area contributed by atoms with E-state index in [1.54, 1.807) is 0 Å². The summed E-state index contributed by atoms with van der Waals surface area (Å²) in [4.78, 5) is 0. The highest BCUT2D eigenvalue weighted by atomic mass is 32.2. The molecule has 3 nitrogen and oxygen atoms in total. The third-order valence-electron chi connectivity index (χ3n) is 2.25. The molecule has 66 valence electrons. The first-order valence-electron chi connectivity index (χ1n) is 3.87. The predicted molar refractivity (Wildman–Crippen MR) is 43.1 cm³/mol. The van der Waals surface area contributed by atoms with Crippen LogP contribution in [0.4, 0.5) is 0 Å². The lowest BCUT2D eigenvalue weighted by Crippen LogP contribution is -2.28. The van der Waals surface area contributed by atoms with Crippen molar-refractivity contribution in [1.29, 1.82) is 0 Å². The molecule has 0 aromatic heterocycles. The average molecular weight is 178 g/mol. The van der Waals surface area contributed by atoms with E-state index >= 15 is 0 Å². The maximum Gasteiger partial charge on any atom is 0.150 e. The van der Waals surface area contributed by atoms with E-state index in [9.17, 15) is 8.42 Å². The first kappa shape index (κ1) is 9.00. The highest BCUT2D eigenvalue weighted by molar-refractivity contribution is 7.91. The number of hydrogen-bond donors (Lipinski definition) is 1. The molecule has 1 fully saturated rings. The van der Waals surface area contributed by atoms with Crippen molar-refractivity contribution in [3.8, 4) is 0 Å². The molecule has 0 unspecified atom stereocenters. The van der Waals surface area contributed by atoms with Gasteiger partial charge < -0.3 is 5.11 Å². The largest absolute Gasteiger partial charge is 0.393 e. The highest BCUT2D eigenvalue weighted by Gasteiger charge is 2.26. The second-order valence-electron chi connectivity index (χ2n) is 3.26. The maximum absolute atomic E-state index is 11.0. The van der Waals surface area contributed by atoms with Gasteiger partial charge in [-0.1, -0.05) is 0 Å². The molecule has 1 saturated carbocycles. The second kappa shape index (κ2) is 3.11. The molecule has 4 heteroatoms. The van der Waals surface area contributed by atoms with Gasteiger partial charge in [0.15, 0.2) is 0 Å². The van der Waals surface area contributed by atoms with Crippen LogP contribution in [0.25, 0.3) is 0 Å². The standard InChI is InChI=1S/C7H14O3S/c1-11(9,10)7-4-2-6(8)3-5-7/h6-8H,2-5H2,1H3/t6-,7-. The lowest BCUT2D eigenvalue weighted by molar-refractivity contribution is 0.131. The number of aliphatic hydroxyl groups is 1. The summed E-state index contributed by atoms with van der Waals surface area (Å²) in [6.07, 6.45) is 3.53. The van der Waals surface area contributed by atoms with E-state index in [0.717, 1.165) is 0 Å². The van der Waals surface area contributed by atoms with Crippen LogP contribution in [0.15, 0.2) is 0 Å². The number of hydrogen-bond acceptors (Lipinski definition) is 3. The molecule has 1 aliphatic rings. The van der Waals surface area contributed by atoms with Crippen molar-refractivity contribution in [2.75, 3.05) is 6.26 Å². The Hall–Kier alpha value is -0.0900. The molecular weight excluding hydrogens is 164 g/mol. The minimum Gasteiger partial charge on any atom is -0.393 e. The molecule has 0 bridgehead atoms. The van der Waals surface area contributed by atoms with Gasteiger partial charge in [0, 0.05) is 6.26 Å². The fourth-order valence-electron chi connectivity index (χ4n) is 1.47. The molecule has 0 saturated heterocycles. The van der Waals surface area contributed by atoms with Crippen molar-refractivity contribution >= 4 is 9.84 Å². The summed E-state index contributed by atoms with van der Waals surface area (Å²) < 4.78 is 22.0. The number of sulfone groups is 1. The Labute approximate surface area is 67.3 Å². The molecule has 0 aromatic rings. The van der Waals surface area contributed by atoms with E-state index < -0.39 is 9.84 Å². The van der Waals surface area contributed by atoms with E-state index in [2.05, 4.69) is 0 Å². The minimum atomic E-state index is -2.86. The molecular formula is C7H14O3S.